The van der Waals surface area contributed by atoms with E-state index in [9.17, 15) is 5.11 Å². The summed E-state index contributed by atoms with van der Waals surface area (Å²) in [7, 11) is 1.49. The standard InChI is InChI=1S/C17H14BrClN4O2S/c1-25-15-7-12(6-14(18)16(15)24)8-21-23-10-20-22-17(23)26-9-11-2-4-13(19)5-3-11/h2-8,10,24H,9H2,1H3. The van der Waals surface area contributed by atoms with E-state index >= 15 is 0 Å². The molecule has 134 valence electrons. The molecule has 0 radical (unpaired) electrons. The van der Waals surface area contributed by atoms with Gasteiger partial charge < -0.3 is 9.84 Å². The second-order valence-electron chi connectivity index (χ2n) is 5.17. The summed E-state index contributed by atoms with van der Waals surface area (Å²) in [6.45, 7) is 0. The minimum atomic E-state index is 0.0492. The van der Waals surface area contributed by atoms with Crippen LogP contribution in [0.5, 0.6) is 11.5 Å². The van der Waals surface area contributed by atoms with E-state index < -0.39 is 0 Å². The van der Waals surface area contributed by atoms with Gasteiger partial charge in [0.25, 0.3) is 0 Å². The maximum Gasteiger partial charge on any atom is 0.212 e. The Labute approximate surface area is 168 Å². The van der Waals surface area contributed by atoms with E-state index in [2.05, 4.69) is 31.2 Å². The van der Waals surface area contributed by atoms with Crippen molar-refractivity contribution < 1.29 is 9.84 Å². The van der Waals surface area contributed by atoms with Gasteiger partial charge in [-0.25, -0.2) is 0 Å². The highest BCUT2D eigenvalue weighted by Gasteiger charge is 2.08. The number of hydrogen-bond donors (Lipinski definition) is 1. The van der Waals surface area contributed by atoms with E-state index in [0.717, 1.165) is 16.9 Å². The third-order valence-corrected chi connectivity index (χ3v) is 5.24. The third kappa shape index (κ3) is 4.57. The molecule has 0 atom stereocenters. The first-order valence-electron chi connectivity index (χ1n) is 7.45. The molecule has 6 nitrogen and oxygen atoms in total. The molecule has 0 spiro atoms. The van der Waals surface area contributed by atoms with Crippen LogP contribution < -0.4 is 4.74 Å². The fourth-order valence-electron chi connectivity index (χ4n) is 2.07. The molecule has 0 saturated carbocycles. The number of methoxy groups -OCH3 is 1. The Morgan fingerprint density at radius 3 is 2.85 bits per heavy atom. The van der Waals surface area contributed by atoms with Crippen LogP contribution in [0.1, 0.15) is 11.1 Å². The molecule has 0 aliphatic rings. The number of phenols is 1. The van der Waals surface area contributed by atoms with Crippen molar-refractivity contribution >= 4 is 45.5 Å². The average molecular weight is 454 g/mol. The summed E-state index contributed by atoms with van der Waals surface area (Å²) in [5.41, 5.74) is 1.89. The number of hydrogen-bond acceptors (Lipinski definition) is 6. The van der Waals surface area contributed by atoms with Crippen LogP contribution in [0, 0.1) is 0 Å². The second kappa shape index (κ2) is 8.57. The summed E-state index contributed by atoms with van der Waals surface area (Å²) in [6.07, 6.45) is 3.18. The van der Waals surface area contributed by atoms with Gasteiger partial charge in [0.05, 0.1) is 17.8 Å². The summed E-state index contributed by atoms with van der Waals surface area (Å²) < 4.78 is 7.25. The third-order valence-electron chi connectivity index (χ3n) is 3.38. The fraction of sp³-hybridized carbons (Fsp3) is 0.118. The van der Waals surface area contributed by atoms with Gasteiger partial charge in [0.15, 0.2) is 11.5 Å². The lowest BCUT2D eigenvalue weighted by Crippen LogP contribution is -1.94. The van der Waals surface area contributed by atoms with Gasteiger partial charge in [0.1, 0.15) is 6.33 Å². The van der Waals surface area contributed by atoms with Crippen LogP contribution in [0.15, 0.2) is 57.5 Å². The molecule has 3 rings (SSSR count). The van der Waals surface area contributed by atoms with Gasteiger partial charge in [-0.05, 0) is 51.3 Å². The van der Waals surface area contributed by atoms with Crippen molar-refractivity contribution in [2.45, 2.75) is 10.9 Å². The van der Waals surface area contributed by atoms with E-state index in [1.165, 1.54) is 25.2 Å². The van der Waals surface area contributed by atoms with Crippen molar-refractivity contribution in [2.24, 2.45) is 5.10 Å². The SMILES string of the molecule is COc1cc(C=Nn2cnnc2SCc2ccc(Cl)cc2)cc(Br)c1O. The first-order valence-corrected chi connectivity index (χ1v) is 9.60. The van der Waals surface area contributed by atoms with Crippen molar-refractivity contribution in [3.63, 3.8) is 0 Å². The zero-order valence-electron chi connectivity index (χ0n) is 13.6. The highest BCUT2D eigenvalue weighted by molar-refractivity contribution is 9.10. The predicted molar refractivity (Wildman–Crippen MR) is 106 cm³/mol. The molecule has 0 fully saturated rings. The molecule has 9 heteroatoms. The normalized spacial score (nSPS) is 11.2. The van der Waals surface area contributed by atoms with E-state index in [1.807, 2.05) is 24.3 Å². The molecule has 3 aromatic rings. The van der Waals surface area contributed by atoms with E-state index in [4.69, 9.17) is 16.3 Å². The van der Waals surface area contributed by atoms with Crippen molar-refractivity contribution in [2.75, 3.05) is 7.11 Å². The Balaban J connectivity index is 1.73. The maximum absolute atomic E-state index is 9.86. The molecule has 26 heavy (non-hydrogen) atoms. The lowest BCUT2D eigenvalue weighted by molar-refractivity contribution is 0.372. The Morgan fingerprint density at radius 1 is 1.35 bits per heavy atom. The summed E-state index contributed by atoms with van der Waals surface area (Å²) in [4.78, 5) is 0. The van der Waals surface area contributed by atoms with Crippen molar-refractivity contribution in [1.82, 2.24) is 14.9 Å². The summed E-state index contributed by atoms with van der Waals surface area (Å²) >= 11 is 10.7. The Bertz CT molecular complexity index is 931. The van der Waals surface area contributed by atoms with Gasteiger partial charge in [-0.1, -0.05) is 35.5 Å². The second-order valence-corrected chi connectivity index (χ2v) is 7.40. The number of rotatable bonds is 6. The lowest BCUT2D eigenvalue weighted by atomic mass is 10.2. The van der Waals surface area contributed by atoms with Gasteiger partial charge in [-0.15, -0.1) is 10.2 Å². The molecular weight excluding hydrogens is 440 g/mol. The molecule has 0 unspecified atom stereocenters. The van der Waals surface area contributed by atoms with Crippen molar-refractivity contribution in [3.05, 3.63) is 63.3 Å². The summed E-state index contributed by atoms with van der Waals surface area (Å²) in [6, 6.07) is 11.1. The average Bonchev–Trinajstić information content (AvgIpc) is 3.09. The molecule has 1 aromatic heterocycles. The summed E-state index contributed by atoms with van der Waals surface area (Å²) in [5, 5.41) is 23.6. The zero-order valence-corrected chi connectivity index (χ0v) is 16.8. The molecule has 1 N–H and O–H groups in total. The number of halogens is 2. The van der Waals surface area contributed by atoms with Crippen LogP contribution >= 0.6 is 39.3 Å². The minimum absolute atomic E-state index is 0.0492. The van der Waals surface area contributed by atoms with Crippen LogP contribution in [-0.2, 0) is 5.75 Å². The number of benzene rings is 2. The molecule has 0 saturated heterocycles. The molecular formula is C17H14BrClN4O2S. The van der Waals surface area contributed by atoms with Gasteiger partial charge in [0, 0.05) is 10.8 Å². The van der Waals surface area contributed by atoms with E-state index in [1.54, 1.807) is 23.0 Å². The lowest BCUT2D eigenvalue weighted by Gasteiger charge is -2.06. The molecule has 0 aliphatic heterocycles. The quantitative estimate of drug-likeness (QED) is 0.437. The molecule has 1 heterocycles. The number of thioether (sulfide) groups is 1. The monoisotopic (exact) mass is 452 g/mol. The molecule has 0 aliphatic carbocycles. The van der Waals surface area contributed by atoms with E-state index in [-0.39, 0.29) is 5.75 Å². The number of ether oxygens (including phenoxy) is 1. The Hall–Kier alpha value is -2.03. The van der Waals surface area contributed by atoms with E-state index in [0.29, 0.717) is 20.4 Å². The predicted octanol–water partition coefficient (Wildman–Crippen LogP) is 4.58. The fourth-order valence-corrected chi connectivity index (χ4v) is 3.48. The Morgan fingerprint density at radius 2 is 2.12 bits per heavy atom. The van der Waals surface area contributed by atoms with Crippen LogP contribution in [-0.4, -0.2) is 33.3 Å². The van der Waals surface area contributed by atoms with Gasteiger partial charge >= 0.3 is 0 Å². The van der Waals surface area contributed by atoms with Crippen LogP contribution in [0.2, 0.25) is 5.02 Å². The maximum atomic E-state index is 9.86. The largest absolute Gasteiger partial charge is 0.503 e. The van der Waals surface area contributed by atoms with Crippen molar-refractivity contribution in [1.29, 1.82) is 0 Å². The highest BCUT2D eigenvalue weighted by atomic mass is 79.9. The molecule has 2 aromatic carbocycles. The molecule has 0 amide bonds. The first-order chi connectivity index (χ1) is 12.6. The van der Waals surface area contributed by atoms with Gasteiger partial charge in [0.2, 0.25) is 5.16 Å². The number of nitrogens with zero attached hydrogens (tertiary/aromatic N) is 4. The smallest absolute Gasteiger partial charge is 0.212 e. The summed E-state index contributed by atoms with van der Waals surface area (Å²) in [5.74, 6) is 1.14. The minimum Gasteiger partial charge on any atom is -0.503 e. The topological polar surface area (TPSA) is 72.5 Å². The number of aromatic nitrogens is 3. The zero-order chi connectivity index (χ0) is 18.5. The van der Waals surface area contributed by atoms with Crippen LogP contribution in [0.4, 0.5) is 0 Å². The first kappa shape index (κ1) is 18.8. The van der Waals surface area contributed by atoms with Gasteiger partial charge in [-0.3, -0.25) is 0 Å². The van der Waals surface area contributed by atoms with Gasteiger partial charge in [-0.2, -0.15) is 9.78 Å². The van der Waals surface area contributed by atoms with Crippen molar-refractivity contribution in [3.8, 4) is 11.5 Å². The van der Waals surface area contributed by atoms with Crippen LogP contribution in [0.25, 0.3) is 0 Å². The number of phenolic OH excluding ortho intramolecular Hbond substituents is 1. The Kier molecular flexibility index (Phi) is 6.18. The number of aromatic hydroxyl groups is 1. The molecule has 0 bridgehead atoms. The van der Waals surface area contributed by atoms with Crippen LogP contribution in [0.3, 0.4) is 0 Å². The highest BCUT2D eigenvalue weighted by Crippen LogP contribution is 2.34.